The second-order valence-electron chi connectivity index (χ2n) is 5.17. The number of benzene rings is 1. The monoisotopic (exact) mass is 312 g/mol. The van der Waals surface area contributed by atoms with Crippen LogP contribution in [0.15, 0.2) is 16.6 Å². The number of aliphatic hydroxyl groups excluding tert-OH is 1. The fraction of sp³-hybridized carbons (Fsp3) is 0.462. The van der Waals surface area contributed by atoms with E-state index in [1.54, 1.807) is 12.1 Å². The van der Waals surface area contributed by atoms with Gasteiger partial charge >= 0.3 is 0 Å². The largest absolute Gasteiger partial charge is 0.392 e. The standard InChI is InChI=1S/C13H14BrFN2O/c1-13(2)9(5-10(13)18)17-8-4-3-7(6-16)11(14)12(8)15/h3-4,9-10,17-18H,5H2,1-2H3. The predicted molar refractivity (Wildman–Crippen MR) is 70.6 cm³/mol. The second kappa shape index (κ2) is 4.52. The zero-order valence-corrected chi connectivity index (χ0v) is 11.8. The van der Waals surface area contributed by atoms with Crippen molar-refractivity contribution in [3.8, 4) is 6.07 Å². The zero-order chi connectivity index (χ0) is 13.5. The minimum atomic E-state index is -0.466. The Kier molecular flexibility index (Phi) is 3.35. The van der Waals surface area contributed by atoms with E-state index in [4.69, 9.17) is 5.26 Å². The third-order valence-electron chi connectivity index (χ3n) is 3.75. The van der Waals surface area contributed by atoms with Crippen LogP contribution in [0.3, 0.4) is 0 Å². The number of anilines is 1. The predicted octanol–water partition coefficient (Wildman–Crippen LogP) is 3.03. The number of aliphatic hydroxyl groups is 1. The SMILES string of the molecule is CC1(C)C(O)CC1Nc1ccc(C#N)c(Br)c1F. The van der Waals surface area contributed by atoms with Crippen LogP contribution in [0.1, 0.15) is 25.8 Å². The van der Waals surface area contributed by atoms with Crippen molar-refractivity contribution in [1.82, 2.24) is 0 Å². The first kappa shape index (κ1) is 13.3. The van der Waals surface area contributed by atoms with Gasteiger partial charge in [0.15, 0.2) is 5.82 Å². The minimum absolute atomic E-state index is 0.0295. The molecule has 0 aliphatic heterocycles. The quantitative estimate of drug-likeness (QED) is 0.882. The van der Waals surface area contributed by atoms with Gasteiger partial charge in [-0.3, -0.25) is 0 Å². The Morgan fingerprint density at radius 2 is 2.22 bits per heavy atom. The van der Waals surface area contributed by atoms with Crippen LogP contribution >= 0.6 is 15.9 Å². The lowest BCUT2D eigenvalue weighted by Gasteiger charge is -2.49. The number of hydrogen-bond acceptors (Lipinski definition) is 3. The Bertz CT molecular complexity index is 524. The number of nitrogens with zero attached hydrogens (tertiary/aromatic N) is 1. The smallest absolute Gasteiger partial charge is 0.161 e. The van der Waals surface area contributed by atoms with Gasteiger partial charge in [0, 0.05) is 11.5 Å². The molecule has 0 bridgehead atoms. The molecule has 0 saturated heterocycles. The number of nitriles is 1. The Morgan fingerprint density at radius 1 is 1.56 bits per heavy atom. The molecule has 2 atom stereocenters. The fourth-order valence-electron chi connectivity index (χ4n) is 2.08. The molecule has 1 saturated carbocycles. The van der Waals surface area contributed by atoms with Crippen molar-refractivity contribution in [2.45, 2.75) is 32.4 Å². The lowest BCUT2D eigenvalue weighted by atomic mass is 9.64. The third kappa shape index (κ3) is 2.00. The summed E-state index contributed by atoms with van der Waals surface area (Å²) in [4.78, 5) is 0. The summed E-state index contributed by atoms with van der Waals surface area (Å²) in [6, 6.07) is 5.06. The molecule has 2 N–H and O–H groups in total. The number of hydrogen-bond donors (Lipinski definition) is 2. The van der Waals surface area contributed by atoms with Crippen LogP contribution in [0.5, 0.6) is 0 Å². The summed E-state index contributed by atoms with van der Waals surface area (Å²) in [6.45, 7) is 3.88. The van der Waals surface area contributed by atoms with Gasteiger partial charge in [-0.15, -0.1) is 0 Å². The zero-order valence-electron chi connectivity index (χ0n) is 10.2. The molecule has 1 fully saturated rings. The van der Waals surface area contributed by atoms with Crippen molar-refractivity contribution < 1.29 is 9.50 Å². The molecule has 2 unspecified atom stereocenters. The molecular formula is C13H14BrFN2O. The summed E-state index contributed by atoms with van der Waals surface area (Å²) in [6.07, 6.45) is 0.240. The van der Waals surface area contributed by atoms with Crippen LogP contribution in [-0.4, -0.2) is 17.3 Å². The van der Waals surface area contributed by atoms with E-state index in [-0.39, 0.29) is 27.6 Å². The molecule has 2 rings (SSSR count). The van der Waals surface area contributed by atoms with Crippen molar-refractivity contribution >= 4 is 21.6 Å². The van der Waals surface area contributed by atoms with E-state index in [1.165, 1.54) is 0 Å². The second-order valence-corrected chi connectivity index (χ2v) is 5.96. The minimum Gasteiger partial charge on any atom is -0.392 e. The van der Waals surface area contributed by atoms with E-state index in [0.717, 1.165) is 0 Å². The highest BCUT2D eigenvalue weighted by Gasteiger charge is 2.47. The molecule has 0 amide bonds. The van der Waals surface area contributed by atoms with Crippen molar-refractivity contribution in [2.24, 2.45) is 5.41 Å². The Hall–Kier alpha value is -1.12. The van der Waals surface area contributed by atoms with Gasteiger partial charge in [0.2, 0.25) is 0 Å². The summed E-state index contributed by atoms with van der Waals surface area (Å²) in [5.74, 6) is -0.466. The van der Waals surface area contributed by atoms with E-state index in [9.17, 15) is 9.50 Å². The summed E-state index contributed by atoms with van der Waals surface area (Å²) in [5.41, 5.74) is 0.351. The van der Waals surface area contributed by atoms with Crippen molar-refractivity contribution in [1.29, 1.82) is 5.26 Å². The summed E-state index contributed by atoms with van der Waals surface area (Å²) < 4.78 is 14.2. The Morgan fingerprint density at radius 3 is 2.72 bits per heavy atom. The molecule has 0 spiro atoms. The van der Waals surface area contributed by atoms with E-state index in [0.29, 0.717) is 12.1 Å². The molecule has 1 aliphatic carbocycles. The van der Waals surface area contributed by atoms with E-state index < -0.39 is 5.82 Å². The maximum Gasteiger partial charge on any atom is 0.161 e. The van der Waals surface area contributed by atoms with Crippen LogP contribution in [0.4, 0.5) is 10.1 Å². The van der Waals surface area contributed by atoms with Gasteiger partial charge < -0.3 is 10.4 Å². The number of nitrogens with one attached hydrogen (secondary N) is 1. The van der Waals surface area contributed by atoms with Crippen molar-refractivity contribution in [3.63, 3.8) is 0 Å². The topological polar surface area (TPSA) is 56.0 Å². The van der Waals surface area contributed by atoms with E-state index >= 15 is 0 Å². The molecular weight excluding hydrogens is 299 g/mol. The molecule has 96 valence electrons. The van der Waals surface area contributed by atoms with Gasteiger partial charge in [-0.25, -0.2) is 4.39 Å². The van der Waals surface area contributed by atoms with Crippen LogP contribution in [0.25, 0.3) is 0 Å². The molecule has 1 aliphatic rings. The Balaban J connectivity index is 2.22. The van der Waals surface area contributed by atoms with Gasteiger partial charge in [-0.05, 0) is 34.5 Å². The molecule has 18 heavy (non-hydrogen) atoms. The van der Waals surface area contributed by atoms with E-state index in [1.807, 2.05) is 19.9 Å². The maximum absolute atomic E-state index is 14.0. The molecule has 0 radical (unpaired) electrons. The molecule has 0 aromatic heterocycles. The van der Waals surface area contributed by atoms with Crippen LogP contribution in [0.2, 0.25) is 0 Å². The first-order chi connectivity index (χ1) is 8.37. The molecule has 1 aromatic carbocycles. The lowest BCUT2D eigenvalue weighted by molar-refractivity contribution is -0.0511. The summed E-state index contributed by atoms with van der Waals surface area (Å²) >= 11 is 3.07. The highest BCUT2D eigenvalue weighted by Crippen LogP contribution is 2.42. The lowest BCUT2D eigenvalue weighted by Crippen LogP contribution is -2.57. The van der Waals surface area contributed by atoms with Gasteiger partial charge in [0.05, 0.1) is 21.8 Å². The van der Waals surface area contributed by atoms with Crippen LogP contribution < -0.4 is 5.32 Å². The first-order valence-corrected chi connectivity index (χ1v) is 6.50. The Labute approximate surface area is 114 Å². The van der Waals surface area contributed by atoms with Crippen LogP contribution in [-0.2, 0) is 0 Å². The fourth-order valence-corrected chi connectivity index (χ4v) is 2.52. The van der Waals surface area contributed by atoms with Gasteiger partial charge in [-0.1, -0.05) is 13.8 Å². The number of rotatable bonds is 2. The van der Waals surface area contributed by atoms with E-state index in [2.05, 4.69) is 21.2 Å². The molecule has 5 heteroatoms. The van der Waals surface area contributed by atoms with Crippen molar-refractivity contribution in [3.05, 3.63) is 28.0 Å². The molecule has 3 nitrogen and oxygen atoms in total. The highest BCUT2D eigenvalue weighted by molar-refractivity contribution is 9.10. The summed E-state index contributed by atoms with van der Waals surface area (Å²) in [7, 11) is 0. The molecule has 0 heterocycles. The molecule has 1 aromatic rings. The third-order valence-corrected chi connectivity index (χ3v) is 4.52. The van der Waals surface area contributed by atoms with Crippen molar-refractivity contribution in [2.75, 3.05) is 5.32 Å². The van der Waals surface area contributed by atoms with Gasteiger partial charge in [0.25, 0.3) is 0 Å². The summed E-state index contributed by atoms with van der Waals surface area (Å²) in [5, 5.41) is 21.5. The van der Waals surface area contributed by atoms with Gasteiger partial charge in [0.1, 0.15) is 6.07 Å². The highest BCUT2D eigenvalue weighted by atomic mass is 79.9. The average molecular weight is 313 g/mol. The average Bonchev–Trinajstić information content (AvgIpc) is 2.34. The van der Waals surface area contributed by atoms with Gasteiger partial charge in [-0.2, -0.15) is 5.26 Å². The first-order valence-electron chi connectivity index (χ1n) is 5.70. The van der Waals surface area contributed by atoms with Crippen LogP contribution in [0, 0.1) is 22.6 Å². The normalized spacial score (nSPS) is 25.1. The maximum atomic E-state index is 14.0. The number of halogens is 2.